The molecule has 0 atom stereocenters. The van der Waals surface area contributed by atoms with E-state index in [4.69, 9.17) is 16.3 Å². The van der Waals surface area contributed by atoms with Gasteiger partial charge < -0.3 is 15.2 Å². The van der Waals surface area contributed by atoms with Crippen LogP contribution in [0.15, 0.2) is 42.0 Å². The number of phenols is 1. The highest BCUT2D eigenvalue weighted by Crippen LogP contribution is 2.27. The van der Waals surface area contributed by atoms with Crippen LogP contribution in [0.4, 0.5) is 5.69 Å². The number of ether oxygens (including phenoxy) is 1. The number of phenolic OH excluding ortho intramolecular Hbond substituents is 1. The van der Waals surface area contributed by atoms with E-state index in [2.05, 4.69) is 5.32 Å². The lowest BCUT2D eigenvalue weighted by Gasteiger charge is -2.07. The number of nitrogens with zero attached hydrogens (tertiary/aromatic N) is 1. The van der Waals surface area contributed by atoms with Crippen LogP contribution in [0.3, 0.4) is 0 Å². The molecule has 0 unspecified atom stereocenters. The number of benzene rings is 2. The molecule has 0 aromatic heterocycles. The Morgan fingerprint density at radius 1 is 1.33 bits per heavy atom. The molecule has 0 aliphatic heterocycles. The first kappa shape index (κ1) is 17.4. The Morgan fingerprint density at radius 2 is 2.08 bits per heavy atom. The van der Waals surface area contributed by atoms with Crippen molar-refractivity contribution in [3.8, 4) is 17.6 Å². The molecule has 6 heteroatoms. The highest BCUT2D eigenvalue weighted by Gasteiger charge is 2.11. The number of hydrogen-bond acceptors (Lipinski definition) is 4. The number of nitriles is 1. The summed E-state index contributed by atoms with van der Waals surface area (Å²) in [6.45, 7) is 1.85. The van der Waals surface area contributed by atoms with Crippen molar-refractivity contribution in [3.63, 3.8) is 0 Å². The van der Waals surface area contributed by atoms with Gasteiger partial charge in [0.2, 0.25) is 0 Å². The number of hydrogen-bond donors (Lipinski definition) is 2. The van der Waals surface area contributed by atoms with Crippen LogP contribution in [0.1, 0.15) is 11.1 Å². The van der Waals surface area contributed by atoms with E-state index in [-0.39, 0.29) is 17.1 Å². The summed E-state index contributed by atoms with van der Waals surface area (Å²) in [7, 11) is 1.42. The number of carbonyl (C=O) groups is 1. The van der Waals surface area contributed by atoms with Crippen molar-refractivity contribution < 1.29 is 14.6 Å². The lowest BCUT2D eigenvalue weighted by Crippen LogP contribution is -2.13. The van der Waals surface area contributed by atoms with E-state index in [1.807, 2.05) is 13.0 Å². The molecule has 0 saturated heterocycles. The Kier molecular flexibility index (Phi) is 5.46. The molecule has 0 aliphatic carbocycles. The molecule has 0 heterocycles. The van der Waals surface area contributed by atoms with E-state index in [0.29, 0.717) is 16.3 Å². The molecule has 122 valence electrons. The van der Waals surface area contributed by atoms with Crippen molar-refractivity contribution >= 4 is 29.3 Å². The van der Waals surface area contributed by atoms with Gasteiger partial charge in [-0.3, -0.25) is 4.79 Å². The molecule has 0 aliphatic rings. The molecule has 5 nitrogen and oxygen atoms in total. The standard InChI is InChI=1S/C18H15ClN2O3/c1-11-3-5-14(9-15(11)19)21-18(23)13(10-20)7-12-4-6-16(22)17(8-12)24-2/h3-9,22H,1-2H3,(H,21,23)/b13-7+. The van der Waals surface area contributed by atoms with Gasteiger partial charge in [0.05, 0.1) is 7.11 Å². The molecule has 24 heavy (non-hydrogen) atoms. The average molecular weight is 343 g/mol. The second kappa shape index (κ2) is 7.53. The lowest BCUT2D eigenvalue weighted by molar-refractivity contribution is -0.112. The summed E-state index contributed by atoms with van der Waals surface area (Å²) < 4.78 is 5.00. The maximum atomic E-state index is 12.2. The molecule has 0 bridgehead atoms. The van der Waals surface area contributed by atoms with E-state index in [1.54, 1.807) is 24.3 Å². The van der Waals surface area contributed by atoms with Crippen LogP contribution in [0.2, 0.25) is 5.02 Å². The van der Waals surface area contributed by atoms with Gasteiger partial charge in [-0.25, -0.2) is 0 Å². The minimum absolute atomic E-state index is 0.0214. The number of nitrogens with one attached hydrogen (secondary N) is 1. The quantitative estimate of drug-likeness (QED) is 0.652. The Hall–Kier alpha value is -2.97. The summed E-state index contributed by atoms with van der Waals surface area (Å²) in [5.74, 6) is -0.317. The molecule has 2 aromatic rings. The van der Waals surface area contributed by atoms with Gasteiger partial charge in [-0.2, -0.15) is 5.26 Å². The third-order valence-corrected chi connectivity index (χ3v) is 3.72. The number of amides is 1. The van der Waals surface area contributed by atoms with Gasteiger partial charge in [0.1, 0.15) is 11.6 Å². The van der Waals surface area contributed by atoms with Gasteiger partial charge in [-0.05, 0) is 48.4 Å². The Labute approximate surface area is 144 Å². The van der Waals surface area contributed by atoms with Crippen LogP contribution in [0.25, 0.3) is 6.08 Å². The van der Waals surface area contributed by atoms with E-state index in [1.165, 1.54) is 25.3 Å². The van der Waals surface area contributed by atoms with Crippen LogP contribution in [0.5, 0.6) is 11.5 Å². The fourth-order valence-electron chi connectivity index (χ4n) is 1.97. The molecule has 1 amide bonds. The predicted octanol–water partition coefficient (Wildman–Crippen LogP) is 3.91. The summed E-state index contributed by atoms with van der Waals surface area (Å²) in [5, 5.41) is 22.0. The lowest BCUT2D eigenvalue weighted by atomic mass is 10.1. The van der Waals surface area contributed by atoms with Crippen LogP contribution in [-0.4, -0.2) is 18.1 Å². The second-order valence-electron chi connectivity index (χ2n) is 5.02. The zero-order chi connectivity index (χ0) is 17.7. The van der Waals surface area contributed by atoms with Gasteiger partial charge in [-0.15, -0.1) is 0 Å². The third kappa shape index (κ3) is 4.06. The molecule has 0 fully saturated rings. The SMILES string of the molecule is COc1cc(/C=C(\C#N)C(=O)Nc2ccc(C)c(Cl)c2)ccc1O. The van der Waals surface area contributed by atoms with Gasteiger partial charge in [0.25, 0.3) is 5.91 Å². The molecule has 2 N–H and O–H groups in total. The zero-order valence-corrected chi connectivity index (χ0v) is 13.9. The van der Waals surface area contributed by atoms with Crippen molar-refractivity contribution in [2.75, 3.05) is 12.4 Å². The maximum absolute atomic E-state index is 12.2. The Bertz CT molecular complexity index is 854. The molecule has 0 radical (unpaired) electrons. The Balaban J connectivity index is 2.25. The first-order chi connectivity index (χ1) is 11.4. The normalized spacial score (nSPS) is 10.8. The molecule has 2 aromatic carbocycles. The monoisotopic (exact) mass is 342 g/mol. The summed E-state index contributed by atoms with van der Waals surface area (Å²) in [6.07, 6.45) is 1.41. The molecular formula is C18H15ClN2O3. The fraction of sp³-hybridized carbons (Fsp3) is 0.111. The molecular weight excluding hydrogens is 328 g/mol. The van der Waals surface area contributed by atoms with E-state index in [9.17, 15) is 15.2 Å². The minimum Gasteiger partial charge on any atom is -0.504 e. The van der Waals surface area contributed by atoms with Gasteiger partial charge in [0.15, 0.2) is 11.5 Å². The first-order valence-electron chi connectivity index (χ1n) is 7.01. The fourth-order valence-corrected chi connectivity index (χ4v) is 2.15. The van der Waals surface area contributed by atoms with Crippen molar-refractivity contribution in [2.24, 2.45) is 0 Å². The number of aryl methyl sites for hydroxylation is 1. The molecule has 2 rings (SSSR count). The predicted molar refractivity (Wildman–Crippen MR) is 93.1 cm³/mol. The zero-order valence-electron chi connectivity index (χ0n) is 13.1. The second-order valence-corrected chi connectivity index (χ2v) is 5.43. The van der Waals surface area contributed by atoms with Crippen molar-refractivity contribution in [3.05, 3.63) is 58.1 Å². The van der Waals surface area contributed by atoms with Crippen LogP contribution in [0, 0.1) is 18.3 Å². The minimum atomic E-state index is -0.551. The van der Waals surface area contributed by atoms with E-state index in [0.717, 1.165) is 5.56 Å². The smallest absolute Gasteiger partial charge is 0.266 e. The topological polar surface area (TPSA) is 82.3 Å². The molecule has 0 spiro atoms. The van der Waals surface area contributed by atoms with Crippen LogP contribution >= 0.6 is 11.6 Å². The molecule has 0 saturated carbocycles. The van der Waals surface area contributed by atoms with Crippen molar-refractivity contribution in [1.29, 1.82) is 5.26 Å². The largest absolute Gasteiger partial charge is 0.504 e. The van der Waals surface area contributed by atoms with Crippen LogP contribution in [-0.2, 0) is 4.79 Å². The summed E-state index contributed by atoms with van der Waals surface area (Å²) in [5.41, 5.74) is 1.86. The number of anilines is 1. The summed E-state index contributed by atoms with van der Waals surface area (Å²) >= 11 is 6.02. The van der Waals surface area contributed by atoms with Gasteiger partial charge >= 0.3 is 0 Å². The first-order valence-corrected chi connectivity index (χ1v) is 7.38. The van der Waals surface area contributed by atoms with Gasteiger partial charge in [-0.1, -0.05) is 23.7 Å². The summed E-state index contributed by atoms with van der Waals surface area (Å²) in [4.78, 5) is 12.2. The average Bonchev–Trinajstić information content (AvgIpc) is 2.57. The highest BCUT2D eigenvalue weighted by atomic mass is 35.5. The third-order valence-electron chi connectivity index (χ3n) is 3.31. The number of methoxy groups -OCH3 is 1. The van der Waals surface area contributed by atoms with Crippen molar-refractivity contribution in [1.82, 2.24) is 0 Å². The van der Waals surface area contributed by atoms with Gasteiger partial charge in [0, 0.05) is 10.7 Å². The number of halogens is 1. The van der Waals surface area contributed by atoms with E-state index < -0.39 is 5.91 Å². The summed E-state index contributed by atoms with van der Waals surface area (Å²) in [6, 6.07) is 11.5. The van der Waals surface area contributed by atoms with E-state index >= 15 is 0 Å². The van der Waals surface area contributed by atoms with Crippen molar-refractivity contribution in [2.45, 2.75) is 6.92 Å². The number of carbonyl (C=O) groups excluding carboxylic acids is 1. The maximum Gasteiger partial charge on any atom is 0.266 e. The van der Waals surface area contributed by atoms with Crippen LogP contribution < -0.4 is 10.1 Å². The number of aromatic hydroxyl groups is 1. The highest BCUT2D eigenvalue weighted by molar-refractivity contribution is 6.31. The Morgan fingerprint density at radius 3 is 2.71 bits per heavy atom. The number of rotatable bonds is 4.